The lowest BCUT2D eigenvalue weighted by Gasteiger charge is -2.42. The van der Waals surface area contributed by atoms with Crippen LogP contribution in [0.1, 0.15) is 75.7 Å². The van der Waals surface area contributed by atoms with Gasteiger partial charge in [0.15, 0.2) is 0 Å². The summed E-state index contributed by atoms with van der Waals surface area (Å²) in [6, 6.07) is 9.20. The van der Waals surface area contributed by atoms with E-state index in [9.17, 15) is 4.79 Å². The number of hydrogen-bond donors (Lipinski definition) is 0. The highest BCUT2D eigenvalue weighted by molar-refractivity contribution is 9.10. The topological polar surface area (TPSA) is 23.6 Å². The summed E-state index contributed by atoms with van der Waals surface area (Å²) in [6.45, 7) is 4.41. The summed E-state index contributed by atoms with van der Waals surface area (Å²) in [6.07, 6.45) is 12.7. The number of amides is 1. The van der Waals surface area contributed by atoms with E-state index in [1.807, 2.05) is 0 Å². The highest BCUT2D eigenvalue weighted by atomic mass is 79.9. The van der Waals surface area contributed by atoms with E-state index in [1.165, 1.54) is 70.0 Å². The maximum Gasteiger partial charge on any atom is 0.230 e. The minimum absolute atomic E-state index is 0.0457. The fraction of sp³-hybridized carbons (Fsp3) is 0.708. The zero-order valence-corrected chi connectivity index (χ0v) is 18.7. The monoisotopic (exact) mass is 446 g/mol. The van der Waals surface area contributed by atoms with Gasteiger partial charge >= 0.3 is 0 Å². The number of rotatable bonds is 4. The second kappa shape index (κ2) is 9.75. The molecule has 1 unspecified atom stereocenters. The number of likely N-dealkylation sites (tertiary alicyclic amines) is 2. The summed E-state index contributed by atoms with van der Waals surface area (Å²) < 4.78 is 1.09. The summed E-state index contributed by atoms with van der Waals surface area (Å²) in [7, 11) is 0. The molecule has 1 saturated carbocycles. The van der Waals surface area contributed by atoms with Crippen LogP contribution in [-0.4, -0.2) is 47.9 Å². The molecule has 3 fully saturated rings. The Balaban J connectivity index is 1.45. The van der Waals surface area contributed by atoms with Gasteiger partial charge in [0.25, 0.3) is 0 Å². The Morgan fingerprint density at radius 1 is 0.893 bits per heavy atom. The average Bonchev–Trinajstić information content (AvgIpc) is 2.75. The molecule has 4 rings (SSSR count). The number of carbonyl (C=O) groups is 1. The highest BCUT2D eigenvalue weighted by Crippen LogP contribution is 2.38. The molecule has 1 aliphatic carbocycles. The Kier molecular flexibility index (Phi) is 7.11. The quantitative estimate of drug-likeness (QED) is 0.601. The molecule has 4 heteroatoms. The normalized spacial score (nSPS) is 24.2. The molecule has 1 atom stereocenters. The van der Waals surface area contributed by atoms with Crippen molar-refractivity contribution in [3.63, 3.8) is 0 Å². The van der Waals surface area contributed by atoms with Crippen molar-refractivity contribution in [2.75, 3.05) is 26.2 Å². The van der Waals surface area contributed by atoms with E-state index >= 15 is 0 Å². The van der Waals surface area contributed by atoms with Crippen molar-refractivity contribution in [2.24, 2.45) is 5.92 Å². The van der Waals surface area contributed by atoms with Gasteiger partial charge in [0, 0.05) is 23.6 Å². The van der Waals surface area contributed by atoms with E-state index in [-0.39, 0.29) is 5.92 Å². The fourth-order valence-electron chi connectivity index (χ4n) is 5.72. The molecule has 3 aliphatic rings. The first-order valence-corrected chi connectivity index (χ1v) is 12.3. The third-order valence-electron chi connectivity index (χ3n) is 7.28. The first-order chi connectivity index (χ1) is 13.7. The zero-order chi connectivity index (χ0) is 19.3. The summed E-state index contributed by atoms with van der Waals surface area (Å²) in [5, 5.41) is 0. The number of benzene rings is 1. The van der Waals surface area contributed by atoms with Crippen molar-refractivity contribution in [3.8, 4) is 0 Å². The molecule has 1 amide bonds. The predicted octanol–water partition coefficient (Wildman–Crippen LogP) is 5.59. The van der Waals surface area contributed by atoms with Crippen molar-refractivity contribution < 1.29 is 4.79 Å². The van der Waals surface area contributed by atoms with Gasteiger partial charge in [-0.25, -0.2) is 0 Å². The molecule has 0 bridgehead atoms. The summed E-state index contributed by atoms with van der Waals surface area (Å²) in [5.74, 6) is 0.946. The zero-order valence-electron chi connectivity index (χ0n) is 17.1. The lowest BCUT2D eigenvalue weighted by Crippen LogP contribution is -2.49. The minimum Gasteiger partial charge on any atom is -0.342 e. The Bertz CT molecular complexity index is 644. The van der Waals surface area contributed by atoms with Gasteiger partial charge in [-0.05, 0) is 75.2 Å². The van der Waals surface area contributed by atoms with Crippen molar-refractivity contribution in [1.29, 1.82) is 0 Å². The maximum absolute atomic E-state index is 13.7. The van der Waals surface area contributed by atoms with E-state index in [0.29, 0.717) is 17.9 Å². The van der Waals surface area contributed by atoms with E-state index < -0.39 is 0 Å². The molecule has 154 valence electrons. The second-order valence-electron chi connectivity index (χ2n) is 9.08. The van der Waals surface area contributed by atoms with Gasteiger partial charge in [-0.1, -0.05) is 53.7 Å². The van der Waals surface area contributed by atoms with Crippen LogP contribution in [0.3, 0.4) is 0 Å². The van der Waals surface area contributed by atoms with Crippen LogP contribution in [0.5, 0.6) is 0 Å². The lowest BCUT2D eigenvalue weighted by molar-refractivity contribution is -0.136. The molecule has 0 N–H and O–H groups in total. The van der Waals surface area contributed by atoms with Gasteiger partial charge in [-0.15, -0.1) is 0 Å². The molecule has 28 heavy (non-hydrogen) atoms. The van der Waals surface area contributed by atoms with Crippen molar-refractivity contribution >= 4 is 21.8 Å². The van der Waals surface area contributed by atoms with Crippen LogP contribution >= 0.6 is 15.9 Å². The Morgan fingerprint density at radius 2 is 1.57 bits per heavy atom. The second-order valence-corrected chi connectivity index (χ2v) is 10.00. The lowest BCUT2D eigenvalue weighted by atomic mass is 9.76. The average molecular weight is 447 g/mol. The third-order valence-corrected chi connectivity index (χ3v) is 7.77. The highest BCUT2D eigenvalue weighted by Gasteiger charge is 2.36. The van der Waals surface area contributed by atoms with Crippen LogP contribution < -0.4 is 0 Å². The van der Waals surface area contributed by atoms with Gasteiger partial charge in [-0.2, -0.15) is 0 Å². The molecule has 2 aliphatic heterocycles. The standard InChI is InChI=1S/C24H35BrN2O/c25-21-11-7-10-20(18-21)23(19-8-3-1-4-9-19)24(28)27-16-12-22(13-17-27)26-14-5-2-6-15-26/h7,10-11,18-19,22-23H,1-6,8-9,12-17H2. The molecule has 2 saturated heterocycles. The predicted molar refractivity (Wildman–Crippen MR) is 118 cm³/mol. The summed E-state index contributed by atoms with van der Waals surface area (Å²) >= 11 is 3.62. The first kappa shape index (κ1) is 20.4. The molecule has 0 spiro atoms. The molecule has 3 nitrogen and oxygen atoms in total. The number of hydrogen-bond acceptors (Lipinski definition) is 2. The summed E-state index contributed by atoms with van der Waals surface area (Å²) in [5.41, 5.74) is 1.21. The van der Waals surface area contributed by atoms with Crippen LogP contribution in [-0.2, 0) is 4.79 Å². The van der Waals surface area contributed by atoms with Gasteiger partial charge < -0.3 is 9.80 Å². The van der Waals surface area contributed by atoms with E-state index in [4.69, 9.17) is 0 Å². The minimum atomic E-state index is 0.0457. The molecular weight excluding hydrogens is 412 g/mol. The maximum atomic E-state index is 13.7. The number of piperidine rings is 2. The van der Waals surface area contributed by atoms with Gasteiger partial charge in [-0.3, -0.25) is 4.79 Å². The molecular formula is C24H35BrN2O. The van der Waals surface area contributed by atoms with Crippen LogP contribution in [0.15, 0.2) is 28.7 Å². The Labute approximate surface area is 179 Å². The van der Waals surface area contributed by atoms with E-state index in [0.717, 1.165) is 30.4 Å². The molecule has 0 radical (unpaired) electrons. The number of nitrogens with zero attached hydrogens (tertiary/aromatic N) is 2. The number of carbonyl (C=O) groups excluding carboxylic acids is 1. The van der Waals surface area contributed by atoms with Crippen LogP contribution in [0, 0.1) is 5.92 Å². The van der Waals surface area contributed by atoms with Gasteiger partial charge in [0.2, 0.25) is 5.91 Å². The third kappa shape index (κ3) is 4.81. The Morgan fingerprint density at radius 3 is 2.25 bits per heavy atom. The van der Waals surface area contributed by atoms with Crippen LogP contribution in [0.4, 0.5) is 0 Å². The van der Waals surface area contributed by atoms with Gasteiger partial charge in [0.05, 0.1) is 5.92 Å². The molecule has 1 aromatic rings. The van der Waals surface area contributed by atoms with E-state index in [1.54, 1.807) is 0 Å². The molecule has 2 heterocycles. The fourth-order valence-corrected chi connectivity index (χ4v) is 6.13. The smallest absolute Gasteiger partial charge is 0.230 e. The van der Waals surface area contributed by atoms with Gasteiger partial charge in [0.1, 0.15) is 0 Å². The summed E-state index contributed by atoms with van der Waals surface area (Å²) in [4.78, 5) is 18.6. The largest absolute Gasteiger partial charge is 0.342 e. The SMILES string of the molecule is O=C(C(c1cccc(Br)c1)C1CCCCC1)N1CCC(N2CCCCC2)CC1. The molecule has 0 aromatic heterocycles. The number of halogens is 1. The molecule has 1 aromatic carbocycles. The van der Waals surface area contributed by atoms with Crippen molar-refractivity contribution in [2.45, 2.75) is 76.2 Å². The Hall–Kier alpha value is -0.870. The van der Waals surface area contributed by atoms with E-state index in [2.05, 4.69) is 50.0 Å². The van der Waals surface area contributed by atoms with Crippen molar-refractivity contribution in [3.05, 3.63) is 34.3 Å². The van der Waals surface area contributed by atoms with Crippen molar-refractivity contribution in [1.82, 2.24) is 9.80 Å². The van der Waals surface area contributed by atoms with Crippen LogP contribution in [0.2, 0.25) is 0 Å². The first-order valence-electron chi connectivity index (χ1n) is 11.5. The van der Waals surface area contributed by atoms with Crippen LogP contribution in [0.25, 0.3) is 0 Å².